The average molecular weight is 541 g/mol. The average Bonchev–Trinajstić information content (AvgIpc) is 2.94. The molecule has 0 aliphatic heterocycles. The zero-order valence-electron chi connectivity index (χ0n) is 23.6. The number of hydrogen-bond acceptors (Lipinski definition) is 3. The number of aryl methyl sites for hydroxylation is 4. The molecule has 0 spiro atoms. The minimum absolute atomic E-state index is 0.144. The lowest BCUT2D eigenvalue weighted by Gasteiger charge is -2.35. The van der Waals surface area contributed by atoms with Crippen molar-refractivity contribution >= 4 is 10.1 Å². The van der Waals surface area contributed by atoms with E-state index in [1.807, 2.05) is 43.3 Å². The van der Waals surface area contributed by atoms with Crippen molar-refractivity contribution in [1.29, 1.82) is 0 Å². The van der Waals surface area contributed by atoms with Crippen molar-refractivity contribution in [3.63, 3.8) is 0 Å². The van der Waals surface area contributed by atoms with E-state index in [0.29, 0.717) is 0 Å². The summed E-state index contributed by atoms with van der Waals surface area (Å²) >= 11 is 0. The van der Waals surface area contributed by atoms with Gasteiger partial charge in [0, 0.05) is 0 Å². The maximum Gasteiger partial charge on any atom is 0.298 e. The van der Waals surface area contributed by atoms with Crippen molar-refractivity contribution in [3.8, 4) is 0 Å². The van der Waals surface area contributed by atoms with E-state index in [0.717, 1.165) is 60.8 Å². The van der Waals surface area contributed by atoms with Gasteiger partial charge in [0.25, 0.3) is 10.1 Å². The summed E-state index contributed by atoms with van der Waals surface area (Å²) in [5.41, 5.74) is 5.63. The zero-order chi connectivity index (χ0) is 27.9. The van der Waals surface area contributed by atoms with Crippen molar-refractivity contribution in [1.82, 2.24) is 0 Å². The molecule has 4 aromatic rings. The first-order valence-corrected chi connectivity index (χ1v) is 15.5. The fourth-order valence-corrected chi connectivity index (χ4v) is 6.33. The van der Waals surface area contributed by atoms with E-state index in [4.69, 9.17) is 4.18 Å². The first-order chi connectivity index (χ1) is 18.8. The molecule has 0 heterocycles. The maximum absolute atomic E-state index is 14.0. The monoisotopic (exact) mass is 540 g/mol. The topological polar surface area (TPSA) is 43.4 Å². The van der Waals surface area contributed by atoms with Gasteiger partial charge < -0.3 is 0 Å². The predicted molar refractivity (Wildman–Crippen MR) is 161 cm³/mol. The van der Waals surface area contributed by atoms with Gasteiger partial charge >= 0.3 is 0 Å². The molecule has 0 saturated heterocycles. The van der Waals surface area contributed by atoms with Crippen LogP contribution in [-0.2, 0) is 39.2 Å². The minimum atomic E-state index is -4.14. The molecule has 0 unspecified atom stereocenters. The summed E-state index contributed by atoms with van der Waals surface area (Å²) in [5.74, 6) is 0. The Morgan fingerprint density at radius 1 is 0.538 bits per heavy atom. The summed E-state index contributed by atoms with van der Waals surface area (Å²) < 4.78 is 34.4. The van der Waals surface area contributed by atoms with Crippen LogP contribution in [0.3, 0.4) is 0 Å². The van der Waals surface area contributed by atoms with Gasteiger partial charge in [0.1, 0.15) is 0 Å². The van der Waals surface area contributed by atoms with E-state index in [9.17, 15) is 8.42 Å². The zero-order valence-corrected chi connectivity index (χ0v) is 24.4. The van der Waals surface area contributed by atoms with Gasteiger partial charge in [-0.15, -0.1) is 0 Å². The first-order valence-electron chi connectivity index (χ1n) is 14.1. The van der Waals surface area contributed by atoms with Crippen molar-refractivity contribution in [2.45, 2.75) is 76.7 Å². The number of benzene rings is 4. The second-order valence-corrected chi connectivity index (χ2v) is 11.9. The second-order valence-electron chi connectivity index (χ2n) is 10.4. The van der Waals surface area contributed by atoms with Gasteiger partial charge in [-0.3, -0.25) is 0 Å². The Morgan fingerprint density at radius 2 is 0.872 bits per heavy atom. The van der Waals surface area contributed by atoms with Crippen LogP contribution >= 0.6 is 0 Å². The van der Waals surface area contributed by atoms with E-state index >= 15 is 0 Å². The summed E-state index contributed by atoms with van der Waals surface area (Å²) in [6, 6.07) is 31.5. The Balaban J connectivity index is 1.97. The van der Waals surface area contributed by atoms with Crippen LogP contribution in [0.2, 0.25) is 0 Å². The Labute approximate surface area is 235 Å². The van der Waals surface area contributed by atoms with E-state index in [1.54, 1.807) is 24.3 Å². The molecule has 4 rings (SSSR count). The molecule has 0 amide bonds. The van der Waals surface area contributed by atoms with Crippen LogP contribution < -0.4 is 0 Å². The fraction of sp³-hybridized carbons (Fsp3) is 0.314. The molecule has 39 heavy (non-hydrogen) atoms. The highest BCUT2D eigenvalue weighted by Gasteiger charge is 2.43. The van der Waals surface area contributed by atoms with Gasteiger partial charge in [-0.25, -0.2) is 4.18 Å². The van der Waals surface area contributed by atoms with E-state index in [1.165, 1.54) is 16.7 Å². The van der Waals surface area contributed by atoms with Crippen LogP contribution in [0.15, 0.2) is 102 Å². The molecule has 4 aromatic carbocycles. The molecule has 4 heteroatoms. The third kappa shape index (κ3) is 6.51. The lowest BCUT2D eigenvalue weighted by molar-refractivity contribution is 0.164. The molecule has 0 saturated carbocycles. The van der Waals surface area contributed by atoms with Crippen LogP contribution in [0.25, 0.3) is 0 Å². The molecule has 0 aliphatic carbocycles. The molecule has 0 radical (unpaired) electrons. The molecular formula is C35H40O3S. The van der Waals surface area contributed by atoms with Gasteiger partial charge in [0.05, 0.1) is 4.90 Å². The van der Waals surface area contributed by atoms with Gasteiger partial charge in [0.15, 0.2) is 5.60 Å². The van der Waals surface area contributed by atoms with E-state index < -0.39 is 15.7 Å². The Hall–Kier alpha value is -3.21. The Kier molecular flexibility index (Phi) is 9.42. The lowest BCUT2D eigenvalue weighted by atomic mass is 9.79. The SMILES string of the molecule is CCCc1ccc(C(OS(=O)(=O)c2ccc(C)cc2)(c2ccc(CCC)cc2)c2ccc(CCC)cc2)cc1. The molecule has 204 valence electrons. The quantitative estimate of drug-likeness (QED) is 0.134. The summed E-state index contributed by atoms with van der Waals surface area (Å²) in [5, 5.41) is 0. The highest BCUT2D eigenvalue weighted by atomic mass is 32.2. The normalized spacial score (nSPS) is 12.0. The van der Waals surface area contributed by atoms with Crippen LogP contribution in [0, 0.1) is 6.92 Å². The van der Waals surface area contributed by atoms with E-state index in [2.05, 4.69) is 57.2 Å². The van der Waals surface area contributed by atoms with Crippen molar-refractivity contribution in [3.05, 3.63) is 136 Å². The van der Waals surface area contributed by atoms with Gasteiger partial charge in [-0.2, -0.15) is 8.42 Å². The van der Waals surface area contributed by atoms with Gasteiger partial charge in [-0.1, -0.05) is 131 Å². The molecule has 0 bridgehead atoms. The lowest BCUT2D eigenvalue weighted by Crippen LogP contribution is -2.35. The minimum Gasteiger partial charge on any atom is -0.245 e. The predicted octanol–water partition coefficient (Wildman–Crippen LogP) is 8.55. The maximum atomic E-state index is 14.0. The molecule has 3 nitrogen and oxygen atoms in total. The summed E-state index contributed by atoms with van der Waals surface area (Å²) in [7, 11) is -4.14. The van der Waals surface area contributed by atoms with Crippen LogP contribution in [0.1, 0.15) is 79.0 Å². The highest BCUT2D eigenvalue weighted by molar-refractivity contribution is 7.86. The largest absolute Gasteiger partial charge is 0.298 e. The molecular weight excluding hydrogens is 500 g/mol. The fourth-order valence-electron chi connectivity index (χ4n) is 5.15. The Morgan fingerprint density at radius 3 is 1.18 bits per heavy atom. The highest BCUT2D eigenvalue weighted by Crippen LogP contribution is 2.43. The third-order valence-electron chi connectivity index (χ3n) is 7.24. The summed E-state index contributed by atoms with van der Waals surface area (Å²) in [6.45, 7) is 8.41. The number of rotatable bonds is 12. The van der Waals surface area contributed by atoms with Gasteiger partial charge in [0.2, 0.25) is 0 Å². The molecule has 0 N–H and O–H groups in total. The second kappa shape index (κ2) is 12.8. The summed E-state index contributed by atoms with van der Waals surface area (Å²) in [4.78, 5) is 0.144. The van der Waals surface area contributed by atoms with Gasteiger partial charge in [-0.05, 0) is 71.7 Å². The standard InChI is InChI=1S/C35H40O3S/c1-5-8-28-13-19-31(20-14-28)35(32-21-15-29(9-6-2)16-22-32,33-23-17-30(10-7-3)18-24-33)38-39(36,37)34-25-11-27(4)12-26-34/h11-26H,5-10H2,1-4H3. The molecule has 0 atom stereocenters. The molecule has 0 aliphatic rings. The van der Waals surface area contributed by atoms with E-state index in [-0.39, 0.29) is 4.90 Å². The Bertz CT molecular complexity index is 1310. The molecule has 0 fully saturated rings. The van der Waals surface area contributed by atoms with Crippen LogP contribution in [0.5, 0.6) is 0 Å². The first kappa shape index (κ1) is 28.8. The molecule has 0 aromatic heterocycles. The van der Waals surface area contributed by atoms with Crippen LogP contribution in [0.4, 0.5) is 0 Å². The van der Waals surface area contributed by atoms with Crippen molar-refractivity contribution < 1.29 is 12.6 Å². The smallest absolute Gasteiger partial charge is 0.245 e. The van der Waals surface area contributed by atoms with Crippen LogP contribution in [-0.4, -0.2) is 8.42 Å². The third-order valence-corrected chi connectivity index (χ3v) is 8.56. The summed E-state index contributed by atoms with van der Waals surface area (Å²) in [6.07, 6.45) is 6.02. The number of hydrogen-bond donors (Lipinski definition) is 0. The van der Waals surface area contributed by atoms with Crippen molar-refractivity contribution in [2.75, 3.05) is 0 Å². The van der Waals surface area contributed by atoms with Crippen molar-refractivity contribution in [2.24, 2.45) is 0 Å².